The molecule has 0 aliphatic carbocycles. The zero-order chi connectivity index (χ0) is 29.4. The van der Waals surface area contributed by atoms with Gasteiger partial charge in [-0.2, -0.15) is 0 Å². The summed E-state index contributed by atoms with van der Waals surface area (Å²) in [7, 11) is 2.03. The third-order valence-electron chi connectivity index (χ3n) is 8.02. The summed E-state index contributed by atoms with van der Waals surface area (Å²) < 4.78 is 5.40. The van der Waals surface area contributed by atoms with Gasteiger partial charge in [-0.1, -0.05) is 149 Å². The van der Waals surface area contributed by atoms with E-state index in [2.05, 4.69) is 24.1 Å². The van der Waals surface area contributed by atoms with Gasteiger partial charge in [0.15, 0.2) is 0 Å². The molecule has 0 bridgehead atoms. The van der Waals surface area contributed by atoms with Crippen LogP contribution in [0.15, 0.2) is 0 Å². The maximum atomic E-state index is 12.1. The molecule has 0 aromatic rings. The number of rotatable bonds is 32. The van der Waals surface area contributed by atoms with Crippen LogP contribution in [0.1, 0.15) is 181 Å². The average molecular weight is 567 g/mol. The highest BCUT2D eigenvalue weighted by molar-refractivity contribution is 5.75. The van der Waals surface area contributed by atoms with Gasteiger partial charge < -0.3 is 15.0 Å². The van der Waals surface area contributed by atoms with Crippen LogP contribution in [0.2, 0.25) is 0 Å². The lowest BCUT2D eigenvalue weighted by Gasteiger charge is -2.16. The Morgan fingerprint density at radius 1 is 0.525 bits per heavy atom. The highest BCUT2D eigenvalue weighted by Crippen LogP contribution is 2.13. The number of carbonyl (C=O) groups excluding carboxylic acids is 2. The van der Waals surface area contributed by atoms with Crippen molar-refractivity contribution in [3.63, 3.8) is 0 Å². The average Bonchev–Trinajstić information content (AvgIpc) is 2.94. The summed E-state index contributed by atoms with van der Waals surface area (Å²) in [5.41, 5.74) is 0. The summed E-state index contributed by atoms with van der Waals surface area (Å²) in [6, 6.07) is 0. The number of nitrogens with one attached hydrogen (secondary N) is 1. The molecule has 0 radical (unpaired) electrons. The van der Waals surface area contributed by atoms with Crippen LogP contribution < -0.4 is 5.32 Å². The molecule has 0 unspecified atom stereocenters. The van der Waals surface area contributed by atoms with E-state index in [0.717, 1.165) is 45.3 Å². The zero-order valence-electron chi connectivity index (χ0n) is 27.4. The normalized spacial score (nSPS) is 11.3. The summed E-state index contributed by atoms with van der Waals surface area (Å²) in [6.45, 7) is 7.36. The SMILES string of the molecule is CCCCCCCCCCCCCCNC(=O)CCCN(C)CCOC(=O)CCCCCCCCCCCCC. The van der Waals surface area contributed by atoms with Gasteiger partial charge in [0.1, 0.15) is 6.61 Å². The van der Waals surface area contributed by atoms with E-state index >= 15 is 0 Å². The summed E-state index contributed by atoms with van der Waals surface area (Å²) in [6.07, 6.45) is 32.2. The van der Waals surface area contributed by atoms with E-state index in [4.69, 9.17) is 4.74 Å². The molecule has 0 rings (SSSR count). The molecule has 0 aromatic carbocycles. The van der Waals surface area contributed by atoms with Crippen LogP contribution in [0.5, 0.6) is 0 Å². The van der Waals surface area contributed by atoms with Crippen LogP contribution in [0.25, 0.3) is 0 Å². The van der Waals surface area contributed by atoms with E-state index in [9.17, 15) is 9.59 Å². The summed E-state index contributed by atoms with van der Waals surface area (Å²) >= 11 is 0. The largest absolute Gasteiger partial charge is 0.464 e. The summed E-state index contributed by atoms with van der Waals surface area (Å²) in [5, 5.41) is 3.07. The maximum absolute atomic E-state index is 12.1. The van der Waals surface area contributed by atoms with Crippen molar-refractivity contribution in [3.8, 4) is 0 Å². The Morgan fingerprint density at radius 3 is 1.43 bits per heavy atom. The lowest BCUT2D eigenvalue weighted by Crippen LogP contribution is -2.28. The molecule has 0 atom stereocenters. The number of esters is 1. The number of hydrogen-bond acceptors (Lipinski definition) is 4. The Labute approximate surface area is 250 Å². The number of hydrogen-bond donors (Lipinski definition) is 1. The van der Waals surface area contributed by atoms with Crippen LogP contribution in [0.4, 0.5) is 0 Å². The molecule has 5 nitrogen and oxygen atoms in total. The highest BCUT2D eigenvalue weighted by Gasteiger charge is 2.06. The fourth-order valence-electron chi connectivity index (χ4n) is 5.22. The Hall–Kier alpha value is -1.10. The second kappa shape index (κ2) is 32.4. The number of likely N-dealkylation sites (N-methyl/N-ethyl adjacent to an activating group) is 1. The fourth-order valence-corrected chi connectivity index (χ4v) is 5.22. The lowest BCUT2D eigenvalue weighted by molar-refractivity contribution is -0.144. The molecular weight excluding hydrogens is 496 g/mol. The molecule has 0 spiro atoms. The van der Waals surface area contributed by atoms with Gasteiger partial charge in [-0.15, -0.1) is 0 Å². The molecule has 0 heterocycles. The number of unbranched alkanes of at least 4 members (excludes halogenated alkanes) is 21. The first-order chi connectivity index (χ1) is 19.6. The summed E-state index contributed by atoms with van der Waals surface area (Å²) in [5.74, 6) is 0.0939. The van der Waals surface area contributed by atoms with Crippen molar-refractivity contribution in [2.75, 3.05) is 33.3 Å². The van der Waals surface area contributed by atoms with Gasteiger partial charge in [-0.05, 0) is 32.9 Å². The Morgan fingerprint density at radius 2 is 0.950 bits per heavy atom. The molecule has 0 fully saturated rings. The second-order valence-electron chi connectivity index (χ2n) is 12.2. The van der Waals surface area contributed by atoms with Crippen molar-refractivity contribution in [3.05, 3.63) is 0 Å². The van der Waals surface area contributed by atoms with Gasteiger partial charge in [-0.3, -0.25) is 9.59 Å². The first-order valence-corrected chi connectivity index (χ1v) is 17.7. The van der Waals surface area contributed by atoms with E-state index in [1.165, 1.54) is 128 Å². The van der Waals surface area contributed by atoms with E-state index in [1.54, 1.807) is 0 Å². The molecule has 1 N–H and O–H groups in total. The smallest absolute Gasteiger partial charge is 0.305 e. The Kier molecular flexibility index (Phi) is 31.5. The van der Waals surface area contributed by atoms with Crippen molar-refractivity contribution in [1.82, 2.24) is 10.2 Å². The Balaban J connectivity index is 3.38. The number of nitrogens with zero attached hydrogens (tertiary/aromatic N) is 1. The van der Waals surface area contributed by atoms with E-state index in [1.807, 2.05) is 7.05 Å². The highest BCUT2D eigenvalue weighted by atomic mass is 16.5. The minimum absolute atomic E-state index is 0.0680. The maximum Gasteiger partial charge on any atom is 0.305 e. The monoisotopic (exact) mass is 567 g/mol. The zero-order valence-corrected chi connectivity index (χ0v) is 27.4. The molecule has 0 aromatic heterocycles. The van der Waals surface area contributed by atoms with Crippen molar-refractivity contribution in [2.45, 2.75) is 181 Å². The third-order valence-corrected chi connectivity index (χ3v) is 8.02. The Bertz CT molecular complexity index is 541. The molecule has 238 valence electrons. The van der Waals surface area contributed by atoms with E-state index in [0.29, 0.717) is 19.4 Å². The van der Waals surface area contributed by atoms with Crippen LogP contribution >= 0.6 is 0 Å². The predicted molar refractivity (Wildman–Crippen MR) is 173 cm³/mol. The first kappa shape index (κ1) is 38.9. The van der Waals surface area contributed by atoms with Gasteiger partial charge >= 0.3 is 5.97 Å². The first-order valence-electron chi connectivity index (χ1n) is 17.7. The van der Waals surface area contributed by atoms with Crippen molar-refractivity contribution in [1.29, 1.82) is 0 Å². The topological polar surface area (TPSA) is 58.6 Å². The summed E-state index contributed by atoms with van der Waals surface area (Å²) in [4.78, 5) is 26.2. The number of amides is 1. The van der Waals surface area contributed by atoms with Gasteiger partial charge in [0.25, 0.3) is 0 Å². The van der Waals surface area contributed by atoms with Crippen molar-refractivity contribution < 1.29 is 14.3 Å². The second-order valence-corrected chi connectivity index (χ2v) is 12.2. The molecule has 0 aliphatic heterocycles. The van der Waals surface area contributed by atoms with Crippen LogP contribution in [0, 0.1) is 0 Å². The van der Waals surface area contributed by atoms with Gasteiger partial charge in [0, 0.05) is 25.9 Å². The van der Waals surface area contributed by atoms with Crippen LogP contribution in [-0.4, -0.2) is 50.1 Å². The molecule has 40 heavy (non-hydrogen) atoms. The minimum atomic E-state index is -0.0680. The molecule has 0 saturated carbocycles. The molecule has 0 aliphatic rings. The van der Waals surface area contributed by atoms with Gasteiger partial charge in [0.2, 0.25) is 5.91 Å². The standard InChI is InChI=1S/C35H70N2O3/c1-4-6-8-10-12-14-16-18-20-22-24-26-30-36-34(38)28-27-31-37(3)32-33-40-35(39)29-25-23-21-19-17-15-13-11-9-7-5-2/h4-33H2,1-3H3,(H,36,38). The molecule has 1 amide bonds. The van der Waals surface area contributed by atoms with Crippen LogP contribution in [-0.2, 0) is 14.3 Å². The van der Waals surface area contributed by atoms with Gasteiger partial charge in [-0.25, -0.2) is 0 Å². The predicted octanol–water partition coefficient (Wildman–Crippen LogP) is 9.76. The molecule has 5 heteroatoms. The van der Waals surface area contributed by atoms with Crippen molar-refractivity contribution in [2.24, 2.45) is 0 Å². The quantitative estimate of drug-likeness (QED) is 0.0650. The van der Waals surface area contributed by atoms with Crippen LogP contribution in [0.3, 0.4) is 0 Å². The number of carbonyl (C=O) groups is 2. The van der Waals surface area contributed by atoms with E-state index in [-0.39, 0.29) is 11.9 Å². The van der Waals surface area contributed by atoms with E-state index < -0.39 is 0 Å². The molecular formula is C35H70N2O3. The number of ether oxygens (including phenoxy) is 1. The fraction of sp³-hybridized carbons (Fsp3) is 0.943. The minimum Gasteiger partial charge on any atom is -0.464 e. The van der Waals surface area contributed by atoms with Gasteiger partial charge in [0.05, 0.1) is 0 Å². The molecule has 0 saturated heterocycles. The lowest BCUT2D eigenvalue weighted by atomic mass is 10.1. The van der Waals surface area contributed by atoms with Crippen molar-refractivity contribution >= 4 is 11.9 Å². The third kappa shape index (κ3) is 31.4.